The molecule has 1 fully saturated rings. The van der Waals surface area contributed by atoms with Crippen molar-refractivity contribution in [2.75, 3.05) is 13.1 Å². The minimum absolute atomic E-state index is 0.0904. The molecule has 1 amide bonds. The van der Waals surface area contributed by atoms with Crippen molar-refractivity contribution in [3.05, 3.63) is 61.7 Å². The quantitative estimate of drug-likeness (QED) is 0.407. The van der Waals surface area contributed by atoms with Gasteiger partial charge in [-0.1, -0.05) is 23.2 Å². The number of benzene rings is 1. The van der Waals surface area contributed by atoms with Gasteiger partial charge in [-0.15, -0.1) is 4.72 Å². The molecule has 0 radical (unpaired) electrons. The second-order valence-electron chi connectivity index (χ2n) is 8.97. The summed E-state index contributed by atoms with van der Waals surface area (Å²) >= 11 is 10.3. The number of piperidine rings is 1. The van der Waals surface area contributed by atoms with E-state index in [1.807, 2.05) is 0 Å². The molecule has 3 rings (SSSR count). The number of hydrogen-bond acceptors (Lipinski definition) is 5. The Balaban J connectivity index is 1.85. The topological polar surface area (TPSA) is 108 Å². The minimum Gasteiger partial charge on any atom is -0.598 e. The van der Waals surface area contributed by atoms with Crippen molar-refractivity contribution in [3.8, 4) is 5.75 Å². The number of nitrogens with one attached hydrogen (secondary N) is 2. The molecular weight excluding hydrogens is 492 g/mol. The Morgan fingerprint density at radius 3 is 2.52 bits per heavy atom. The van der Waals surface area contributed by atoms with Crippen LogP contribution in [-0.2, 0) is 11.4 Å². The standard InChI is InChI=1S/C22H26Cl2FN3O4S/c1-22(2,3)33(32)27-20(17-15(29)10-14(23)18(24)19(17)25)12-6-8-28(9-7-12)21(31)13-4-5-16(30)26-11-13/h4-5,10-12,20,27,29H,6-9H2,1-3H3,(H,26,30)/t20-,33?/m1/s1. The van der Waals surface area contributed by atoms with E-state index < -0.39 is 28.0 Å². The number of halogens is 3. The van der Waals surface area contributed by atoms with E-state index in [1.54, 1.807) is 25.7 Å². The van der Waals surface area contributed by atoms with Crippen LogP contribution in [0.4, 0.5) is 4.39 Å². The summed E-state index contributed by atoms with van der Waals surface area (Å²) in [6.07, 6.45) is 2.30. The van der Waals surface area contributed by atoms with Gasteiger partial charge >= 0.3 is 0 Å². The molecule has 1 unspecified atom stereocenters. The highest BCUT2D eigenvalue weighted by Gasteiger charge is 2.39. The number of likely N-dealkylation sites (tertiary alicyclic amines) is 1. The summed E-state index contributed by atoms with van der Waals surface area (Å²) in [6, 6.07) is 3.11. The molecule has 2 aromatic rings. The van der Waals surface area contributed by atoms with Gasteiger partial charge in [0.25, 0.3) is 5.91 Å². The van der Waals surface area contributed by atoms with E-state index in [0.717, 1.165) is 0 Å². The molecule has 1 aromatic heterocycles. The van der Waals surface area contributed by atoms with Crippen LogP contribution in [0, 0.1) is 11.7 Å². The highest BCUT2D eigenvalue weighted by molar-refractivity contribution is 7.90. The molecular formula is C22H26Cl2FN3O4S. The van der Waals surface area contributed by atoms with Crippen LogP contribution < -0.4 is 10.3 Å². The van der Waals surface area contributed by atoms with Gasteiger partial charge in [-0.05, 0) is 45.6 Å². The fourth-order valence-electron chi connectivity index (χ4n) is 3.74. The Hall–Kier alpha value is -1.78. The van der Waals surface area contributed by atoms with Crippen LogP contribution in [0.5, 0.6) is 5.75 Å². The van der Waals surface area contributed by atoms with Gasteiger partial charge in [0, 0.05) is 42.8 Å². The summed E-state index contributed by atoms with van der Waals surface area (Å²) in [6.45, 7) is 6.08. The lowest BCUT2D eigenvalue weighted by Gasteiger charge is -2.38. The van der Waals surface area contributed by atoms with E-state index in [-0.39, 0.29) is 38.7 Å². The van der Waals surface area contributed by atoms with Crippen molar-refractivity contribution < 1.29 is 18.8 Å². The highest BCUT2D eigenvalue weighted by Crippen LogP contribution is 2.42. The van der Waals surface area contributed by atoms with E-state index in [0.29, 0.717) is 31.5 Å². The molecule has 180 valence electrons. The molecule has 7 nitrogen and oxygen atoms in total. The van der Waals surface area contributed by atoms with Crippen LogP contribution in [0.2, 0.25) is 10.0 Å². The maximum Gasteiger partial charge on any atom is 0.255 e. The largest absolute Gasteiger partial charge is 0.598 e. The number of nitrogens with zero attached hydrogens (tertiary/aromatic N) is 1. The molecule has 1 aromatic carbocycles. The molecule has 11 heteroatoms. The van der Waals surface area contributed by atoms with Crippen molar-refractivity contribution in [1.29, 1.82) is 0 Å². The first-order valence-electron chi connectivity index (χ1n) is 10.4. The maximum atomic E-state index is 15.1. The molecule has 3 N–H and O–H groups in total. The third kappa shape index (κ3) is 5.84. The van der Waals surface area contributed by atoms with Gasteiger partial charge < -0.3 is 19.5 Å². The van der Waals surface area contributed by atoms with E-state index in [4.69, 9.17) is 23.2 Å². The Morgan fingerprint density at radius 2 is 1.97 bits per heavy atom. The number of rotatable bonds is 5. The normalized spacial score (nSPS) is 17.1. The van der Waals surface area contributed by atoms with Crippen molar-refractivity contribution in [2.45, 2.75) is 44.4 Å². The van der Waals surface area contributed by atoms with Gasteiger partial charge in [0.1, 0.15) is 10.5 Å². The predicted octanol–water partition coefficient (Wildman–Crippen LogP) is 4.17. The molecule has 2 heterocycles. The zero-order chi connectivity index (χ0) is 24.5. The first-order chi connectivity index (χ1) is 15.4. The average Bonchev–Trinajstić information content (AvgIpc) is 2.76. The number of H-pyrrole nitrogens is 1. The third-order valence-electron chi connectivity index (χ3n) is 5.61. The van der Waals surface area contributed by atoms with Crippen molar-refractivity contribution in [1.82, 2.24) is 14.6 Å². The van der Waals surface area contributed by atoms with E-state index in [1.165, 1.54) is 24.4 Å². The Bertz CT molecular complexity index is 1060. The number of carbonyl (C=O) groups is 1. The van der Waals surface area contributed by atoms with Crippen LogP contribution in [0.25, 0.3) is 0 Å². The highest BCUT2D eigenvalue weighted by atomic mass is 35.5. The number of aromatic amines is 1. The Kier molecular flexibility index (Phi) is 8.01. The fourth-order valence-corrected chi connectivity index (χ4v) is 4.97. The summed E-state index contributed by atoms with van der Waals surface area (Å²) in [5.41, 5.74) is -0.0216. The van der Waals surface area contributed by atoms with Crippen molar-refractivity contribution in [3.63, 3.8) is 0 Å². The number of amides is 1. The first kappa shape index (κ1) is 25.8. The summed E-state index contributed by atoms with van der Waals surface area (Å²) in [7, 11) is 0. The summed E-state index contributed by atoms with van der Waals surface area (Å²) in [5.74, 6) is -1.71. The lowest BCUT2D eigenvalue weighted by molar-refractivity contribution is 0.0672. The SMILES string of the molecule is CC(C)(C)[S+]([O-])N[C@@H](c1c(O)cc(Cl)c(Cl)c1F)C1CCN(C(=O)c2ccc(=O)[nH]c2)CC1. The number of phenols is 1. The molecule has 2 atom stereocenters. The molecule has 33 heavy (non-hydrogen) atoms. The van der Waals surface area contributed by atoms with Crippen LogP contribution >= 0.6 is 23.2 Å². The smallest absolute Gasteiger partial charge is 0.255 e. The second kappa shape index (κ2) is 10.2. The number of carbonyl (C=O) groups excluding carboxylic acids is 1. The van der Waals surface area contributed by atoms with Crippen LogP contribution in [0.1, 0.15) is 55.6 Å². The fraction of sp³-hybridized carbons (Fsp3) is 0.455. The van der Waals surface area contributed by atoms with Gasteiger partial charge in [-0.25, -0.2) is 4.39 Å². The molecule has 1 aliphatic heterocycles. The zero-order valence-corrected chi connectivity index (χ0v) is 20.8. The molecule has 0 bridgehead atoms. The summed E-state index contributed by atoms with van der Waals surface area (Å²) in [4.78, 5) is 28.1. The predicted molar refractivity (Wildman–Crippen MR) is 128 cm³/mol. The van der Waals surface area contributed by atoms with E-state index in [2.05, 4.69) is 9.71 Å². The number of phenolic OH excluding ortho intramolecular Hbond substituents is 1. The van der Waals surface area contributed by atoms with Gasteiger partial charge in [0.05, 0.1) is 27.2 Å². The lowest BCUT2D eigenvalue weighted by atomic mass is 9.85. The van der Waals surface area contributed by atoms with Gasteiger partial charge in [-0.3, -0.25) is 9.59 Å². The van der Waals surface area contributed by atoms with Crippen molar-refractivity contribution in [2.24, 2.45) is 5.92 Å². The molecule has 1 aliphatic rings. The maximum absolute atomic E-state index is 15.1. The van der Waals surface area contributed by atoms with Crippen molar-refractivity contribution >= 4 is 40.5 Å². The molecule has 1 saturated heterocycles. The van der Waals surface area contributed by atoms with Crippen LogP contribution in [0.3, 0.4) is 0 Å². The zero-order valence-electron chi connectivity index (χ0n) is 18.5. The Labute approximate surface area is 204 Å². The summed E-state index contributed by atoms with van der Waals surface area (Å²) < 4.78 is 30.4. The number of hydrogen-bond donors (Lipinski definition) is 3. The van der Waals surface area contributed by atoms with Gasteiger partial charge in [-0.2, -0.15) is 0 Å². The Morgan fingerprint density at radius 1 is 1.33 bits per heavy atom. The molecule has 0 saturated carbocycles. The third-order valence-corrected chi connectivity index (χ3v) is 7.95. The molecule has 0 spiro atoms. The second-order valence-corrected chi connectivity index (χ2v) is 11.8. The number of aromatic hydroxyl groups is 1. The minimum atomic E-state index is -1.57. The molecule has 0 aliphatic carbocycles. The first-order valence-corrected chi connectivity index (χ1v) is 12.3. The van der Waals surface area contributed by atoms with E-state index >= 15 is 4.39 Å². The average molecular weight is 518 g/mol. The lowest BCUT2D eigenvalue weighted by Crippen LogP contribution is -2.46. The number of aromatic nitrogens is 1. The van der Waals surface area contributed by atoms with E-state index in [9.17, 15) is 19.2 Å². The van der Waals surface area contributed by atoms with Crippen LogP contribution in [0.15, 0.2) is 29.2 Å². The number of pyridine rings is 1. The van der Waals surface area contributed by atoms with Gasteiger partial charge in [0.15, 0.2) is 5.82 Å². The van der Waals surface area contributed by atoms with Gasteiger partial charge in [0.2, 0.25) is 5.56 Å². The van der Waals surface area contributed by atoms with Crippen LogP contribution in [-0.4, -0.2) is 43.3 Å². The monoisotopic (exact) mass is 517 g/mol. The summed E-state index contributed by atoms with van der Waals surface area (Å²) in [5, 5.41) is 10.1.